The highest BCUT2D eigenvalue weighted by Gasteiger charge is 2.30. The Balaban J connectivity index is 2.39. The first-order valence-corrected chi connectivity index (χ1v) is 7.33. The molecule has 1 aliphatic heterocycles. The minimum atomic E-state index is -3.79. The summed E-state index contributed by atoms with van der Waals surface area (Å²) < 4.78 is 22.4. The Kier molecular flexibility index (Phi) is 3.38. The molecule has 0 aliphatic carbocycles. The van der Waals surface area contributed by atoms with Gasteiger partial charge in [0.25, 0.3) is 0 Å². The van der Waals surface area contributed by atoms with Crippen molar-refractivity contribution in [2.45, 2.75) is 23.8 Å². The molecular weight excluding hydrogens is 268 g/mol. The van der Waals surface area contributed by atoms with E-state index in [0.717, 1.165) is 6.42 Å². The van der Waals surface area contributed by atoms with Crippen LogP contribution in [0.2, 0.25) is 0 Å². The predicted octanol–water partition coefficient (Wildman–Crippen LogP) is -0.630. The third kappa shape index (κ3) is 2.64. The molecule has 8 heteroatoms. The number of sulfonamides is 1. The molecular formula is C11H16N4O3S. The lowest BCUT2D eigenvalue weighted by Gasteiger charge is -2.25. The Morgan fingerprint density at radius 3 is 2.58 bits per heavy atom. The van der Waals surface area contributed by atoms with E-state index in [-0.39, 0.29) is 10.6 Å². The van der Waals surface area contributed by atoms with Crippen molar-refractivity contribution in [3.8, 4) is 0 Å². The van der Waals surface area contributed by atoms with Crippen molar-refractivity contribution in [2.75, 3.05) is 17.2 Å². The maximum atomic E-state index is 11.3. The van der Waals surface area contributed by atoms with Gasteiger partial charge in [-0.25, -0.2) is 13.6 Å². The topological polar surface area (TPSA) is 133 Å². The van der Waals surface area contributed by atoms with Crippen LogP contribution >= 0.6 is 0 Å². The first kappa shape index (κ1) is 13.6. The number of primary amides is 1. The zero-order valence-electron chi connectivity index (χ0n) is 10.2. The van der Waals surface area contributed by atoms with Crippen molar-refractivity contribution in [1.82, 2.24) is 0 Å². The van der Waals surface area contributed by atoms with Gasteiger partial charge in [-0.2, -0.15) is 0 Å². The fourth-order valence-corrected chi connectivity index (χ4v) is 2.87. The largest absolute Gasteiger partial charge is 0.397 e. The number of amides is 1. The van der Waals surface area contributed by atoms with Crippen LogP contribution in [-0.2, 0) is 14.8 Å². The second kappa shape index (κ2) is 4.71. The Labute approximate surface area is 111 Å². The molecule has 1 heterocycles. The summed E-state index contributed by atoms with van der Waals surface area (Å²) in [6.07, 6.45) is 1.51. The lowest BCUT2D eigenvalue weighted by Crippen LogP contribution is -2.40. The van der Waals surface area contributed by atoms with E-state index in [2.05, 4.69) is 0 Å². The van der Waals surface area contributed by atoms with Gasteiger partial charge < -0.3 is 16.4 Å². The first-order valence-electron chi connectivity index (χ1n) is 5.79. The molecule has 6 N–H and O–H groups in total. The smallest absolute Gasteiger partial charge is 0.240 e. The predicted molar refractivity (Wildman–Crippen MR) is 71.8 cm³/mol. The molecule has 1 aromatic rings. The molecule has 0 spiro atoms. The molecule has 1 atom stereocenters. The number of rotatable bonds is 3. The van der Waals surface area contributed by atoms with E-state index in [1.165, 1.54) is 12.1 Å². The van der Waals surface area contributed by atoms with Crippen molar-refractivity contribution in [3.05, 3.63) is 18.2 Å². The Morgan fingerprint density at radius 1 is 1.37 bits per heavy atom. The number of nitrogen functional groups attached to an aromatic ring is 1. The fraction of sp³-hybridized carbons (Fsp3) is 0.364. The zero-order valence-corrected chi connectivity index (χ0v) is 11.1. The van der Waals surface area contributed by atoms with E-state index >= 15 is 0 Å². The van der Waals surface area contributed by atoms with E-state index < -0.39 is 22.0 Å². The van der Waals surface area contributed by atoms with Crippen LogP contribution in [0.4, 0.5) is 11.4 Å². The Hall–Kier alpha value is -1.80. The number of primary sulfonamides is 1. The number of carbonyl (C=O) groups is 1. The van der Waals surface area contributed by atoms with Crippen molar-refractivity contribution >= 4 is 27.3 Å². The lowest BCUT2D eigenvalue weighted by molar-refractivity contribution is -0.119. The SMILES string of the molecule is NC(=O)C1CCCN1c1ccc(S(N)(=O)=O)cc1N. The van der Waals surface area contributed by atoms with Gasteiger partial charge in [0.05, 0.1) is 16.3 Å². The second-order valence-electron chi connectivity index (χ2n) is 4.52. The highest BCUT2D eigenvalue weighted by Crippen LogP contribution is 2.31. The van der Waals surface area contributed by atoms with Crippen LogP contribution in [0.3, 0.4) is 0 Å². The summed E-state index contributed by atoms with van der Waals surface area (Å²) >= 11 is 0. The first-order chi connectivity index (χ1) is 8.80. The number of hydrogen-bond acceptors (Lipinski definition) is 5. The van der Waals surface area contributed by atoms with Crippen LogP contribution in [0.5, 0.6) is 0 Å². The summed E-state index contributed by atoms with van der Waals surface area (Å²) in [6.45, 7) is 0.659. The highest BCUT2D eigenvalue weighted by atomic mass is 32.2. The van der Waals surface area contributed by atoms with Crippen molar-refractivity contribution in [2.24, 2.45) is 10.9 Å². The average molecular weight is 284 g/mol. The van der Waals surface area contributed by atoms with Gasteiger partial charge in [0.15, 0.2) is 0 Å². The molecule has 1 amide bonds. The molecule has 0 radical (unpaired) electrons. The molecule has 0 aromatic heterocycles. The van der Waals surface area contributed by atoms with Crippen LogP contribution in [0, 0.1) is 0 Å². The van der Waals surface area contributed by atoms with Crippen LogP contribution < -0.4 is 21.5 Å². The lowest BCUT2D eigenvalue weighted by atomic mass is 10.2. The number of nitrogens with two attached hydrogens (primary N) is 3. The minimum Gasteiger partial charge on any atom is -0.397 e. The van der Waals surface area contributed by atoms with Crippen LogP contribution in [0.1, 0.15) is 12.8 Å². The molecule has 2 rings (SSSR count). The van der Waals surface area contributed by atoms with Gasteiger partial charge in [-0.05, 0) is 31.0 Å². The maximum absolute atomic E-state index is 11.3. The van der Waals surface area contributed by atoms with Gasteiger partial charge in [0, 0.05) is 6.54 Å². The van der Waals surface area contributed by atoms with Gasteiger partial charge >= 0.3 is 0 Å². The van der Waals surface area contributed by atoms with Crippen molar-refractivity contribution in [3.63, 3.8) is 0 Å². The maximum Gasteiger partial charge on any atom is 0.240 e. The van der Waals surface area contributed by atoms with E-state index in [1.54, 1.807) is 11.0 Å². The normalized spacial score (nSPS) is 19.6. The van der Waals surface area contributed by atoms with Crippen LogP contribution in [0.15, 0.2) is 23.1 Å². The molecule has 1 aliphatic rings. The second-order valence-corrected chi connectivity index (χ2v) is 6.08. The minimum absolute atomic E-state index is 0.0522. The zero-order chi connectivity index (χ0) is 14.2. The van der Waals surface area contributed by atoms with Gasteiger partial charge in [0.1, 0.15) is 6.04 Å². The molecule has 1 fully saturated rings. The van der Waals surface area contributed by atoms with Crippen LogP contribution in [0.25, 0.3) is 0 Å². The summed E-state index contributed by atoms with van der Waals surface area (Å²) in [5.74, 6) is -0.410. The summed E-state index contributed by atoms with van der Waals surface area (Å²) in [5, 5.41) is 5.03. The van der Waals surface area contributed by atoms with Gasteiger partial charge in [-0.15, -0.1) is 0 Å². The third-order valence-electron chi connectivity index (χ3n) is 3.22. The van der Waals surface area contributed by atoms with Crippen molar-refractivity contribution in [1.29, 1.82) is 0 Å². The summed E-state index contributed by atoms with van der Waals surface area (Å²) in [7, 11) is -3.79. The fourth-order valence-electron chi connectivity index (χ4n) is 2.32. The van der Waals surface area contributed by atoms with E-state index in [0.29, 0.717) is 18.7 Å². The number of hydrogen-bond donors (Lipinski definition) is 3. The van der Waals surface area contributed by atoms with Gasteiger partial charge in [-0.1, -0.05) is 0 Å². The molecule has 104 valence electrons. The van der Waals surface area contributed by atoms with Gasteiger partial charge in [-0.3, -0.25) is 4.79 Å². The molecule has 1 unspecified atom stereocenters. The standard InChI is InChI=1S/C11H16N4O3S/c12-8-6-7(19(14,17)18)3-4-9(8)15-5-1-2-10(15)11(13)16/h3-4,6,10H,1-2,5,12H2,(H2,13,16)(H2,14,17,18). The third-order valence-corrected chi connectivity index (χ3v) is 4.13. The van der Waals surface area contributed by atoms with Gasteiger partial charge in [0.2, 0.25) is 15.9 Å². The van der Waals surface area contributed by atoms with Crippen molar-refractivity contribution < 1.29 is 13.2 Å². The molecule has 1 aromatic carbocycles. The highest BCUT2D eigenvalue weighted by molar-refractivity contribution is 7.89. The molecule has 19 heavy (non-hydrogen) atoms. The number of anilines is 2. The van der Waals surface area contributed by atoms with E-state index in [9.17, 15) is 13.2 Å². The summed E-state index contributed by atoms with van der Waals surface area (Å²) in [5.41, 5.74) is 12.1. The molecule has 7 nitrogen and oxygen atoms in total. The number of benzene rings is 1. The summed E-state index contributed by atoms with van der Waals surface area (Å²) in [4.78, 5) is 13.1. The Morgan fingerprint density at radius 2 is 2.05 bits per heavy atom. The number of carbonyl (C=O) groups excluding carboxylic acids is 1. The molecule has 0 bridgehead atoms. The monoisotopic (exact) mass is 284 g/mol. The quantitative estimate of drug-likeness (QED) is 0.636. The number of nitrogens with zero attached hydrogens (tertiary/aromatic N) is 1. The molecule has 0 saturated carbocycles. The Bertz CT molecular complexity index is 614. The van der Waals surface area contributed by atoms with E-state index in [1.807, 2.05) is 0 Å². The molecule has 1 saturated heterocycles. The summed E-state index contributed by atoms with van der Waals surface area (Å²) in [6, 6.07) is 3.82. The van der Waals surface area contributed by atoms with E-state index in [4.69, 9.17) is 16.6 Å². The van der Waals surface area contributed by atoms with Crippen LogP contribution in [-0.4, -0.2) is 26.9 Å². The average Bonchev–Trinajstić information content (AvgIpc) is 2.76.